The van der Waals surface area contributed by atoms with E-state index < -0.39 is 5.91 Å². The van der Waals surface area contributed by atoms with E-state index >= 15 is 0 Å². The highest BCUT2D eigenvalue weighted by Crippen LogP contribution is 2.23. The van der Waals surface area contributed by atoms with Crippen LogP contribution in [0.1, 0.15) is 16.3 Å². The number of aromatic hydroxyl groups is 1. The number of phenolic OH excluding ortho intramolecular Hbond substituents is 1. The van der Waals surface area contributed by atoms with Crippen LogP contribution in [-0.2, 0) is 6.61 Å². The van der Waals surface area contributed by atoms with Gasteiger partial charge in [-0.2, -0.15) is 0 Å². The summed E-state index contributed by atoms with van der Waals surface area (Å²) in [6, 6.07) is 16.9. The molecule has 0 saturated carbocycles. The summed E-state index contributed by atoms with van der Waals surface area (Å²) in [7, 11) is 1.58. The molecule has 0 aliphatic rings. The molecule has 0 bridgehead atoms. The number of nitrogens with one attached hydrogen (secondary N) is 1. The smallest absolute Gasteiger partial charge is 0.291 e. The van der Waals surface area contributed by atoms with Crippen LogP contribution in [0.25, 0.3) is 0 Å². The highest BCUT2D eigenvalue weighted by Gasteiger charge is 2.13. The second-order valence-corrected chi connectivity index (χ2v) is 5.20. The van der Waals surface area contributed by atoms with Crippen LogP contribution >= 0.6 is 0 Å². The van der Waals surface area contributed by atoms with Crippen LogP contribution in [0.4, 0.5) is 5.69 Å². The van der Waals surface area contributed by atoms with Crippen LogP contribution in [0.3, 0.4) is 0 Å². The number of benzene rings is 2. The average Bonchev–Trinajstić information content (AvgIpc) is 3.11. The second kappa shape index (κ2) is 7.44. The van der Waals surface area contributed by atoms with Gasteiger partial charge in [-0.25, -0.2) is 0 Å². The molecule has 6 heteroatoms. The van der Waals surface area contributed by atoms with E-state index in [1.165, 1.54) is 6.07 Å². The Morgan fingerprint density at radius 3 is 2.68 bits per heavy atom. The zero-order valence-electron chi connectivity index (χ0n) is 13.6. The van der Waals surface area contributed by atoms with Crippen LogP contribution < -0.4 is 14.8 Å². The average molecular weight is 339 g/mol. The van der Waals surface area contributed by atoms with Crippen molar-refractivity contribution in [2.75, 3.05) is 12.4 Å². The largest absolute Gasteiger partial charge is 0.506 e. The molecule has 0 saturated heterocycles. The van der Waals surface area contributed by atoms with E-state index in [1.807, 2.05) is 12.1 Å². The number of furan rings is 1. The lowest BCUT2D eigenvalue weighted by Crippen LogP contribution is -2.10. The number of carbonyl (C=O) groups is 1. The number of para-hydroxylation sites is 2. The maximum absolute atomic E-state index is 12.2. The molecule has 2 N–H and O–H groups in total. The summed E-state index contributed by atoms with van der Waals surface area (Å²) in [5.74, 6) is 1.51. The molecule has 0 spiro atoms. The maximum atomic E-state index is 12.2. The van der Waals surface area contributed by atoms with Crippen molar-refractivity contribution in [1.29, 1.82) is 0 Å². The third-order valence-corrected chi connectivity index (χ3v) is 3.46. The lowest BCUT2D eigenvalue weighted by molar-refractivity contribution is 0.0992. The number of hydrogen-bond donors (Lipinski definition) is 2. The molecule has 0 aliphatic carbocycles. The number of hydrogen-bond acceptors (Lipinski definition) is 5. The number of anilines is 1. The number of phenols is 1. The highest BCUT2D eigenvalue weighted by molar-refractivity contribution is 6.03. The lowest BCUT2D eigenvalue weighted by atomic mass is 10.3. The Kier molecular flexibility index (Phi) is 4.89. The van der Waals surface area contributed by atoms with Gasteiger partial charge in [-0.1, -0.05) is 18.2 Å². The van der Waals surface area contributed by atoms with Crippen molar-refractivity contribution in [2.24, 2.45) is 0 Å². The summed E-state index contributed by atoms with van der Waals surface area (Å²) in [6.45, 7) is 0.178. The van der Waals surface area contributed by atoms with Gasteiger partial charge in [0, 0.05) is 6.07 Å². The Morgan fingerprint density at radius 1 is 1.08 bits per heavy atom. The summed E-state index contributed by atoms with van der Waals surface area (Å²) < 4.78 is 16.2. The Hall–Kier alpha value is -3.41. The molecule has 128 valence electrons. The van der Waals surface area contributed by atoms with Gasteiger partial charge in [-0.3, -0.25) is 4.79 Å². The van der Waals surface area contributed by atoms with Gasteiger partial charge in [0.1, 0.15) is 29.6 Å². The first kappa shape index (κ1) is 16.4. The first-order chi connectivity index (χ1) is 12.2. The maximum Gasteiger partial charge on any atom is 0.291 e. The summed E-state index contributed by atoms with van der Waals surface area (Å²) in [5, 5.41) is 12.3. The third kappa shape index (κ3) is 4.11. The van der Waals surface area contributed by atoms with Gasteiger partial charge < -0.3 is 24.3 Å². The minimum atomic E-state index is -0.450. The predicted octanol–water partition coefficient (Wildman–Crippen LogP) is 3.83. The monoisotopic (exact) mass is 339 g/mol. The highest BCUT2D eigenvalue weighted by atomic mass is 16.5. The van der Waals surface area contributed by atoms with Crippen molar-refractivity contribution in [2.45, 2.75) is 6.61 Å². The van der Waals surface area contributed by atoms with Crippen LogP contribution in [-0.4, -0.2) is 18.1 Å². The minimum Gasteiger partial charge on any atom is -0.506 e. The van der Waals surface area contributed by atoms with E-state index in [2.05, 4.69) is 5.32 Å². The molecule has 1 heterocycles. The Balaban J connectivity index is 1.62. The minimum absolute atomic E-state index is 0.0102. The summed E-state index contributed by atoms with van der Waals surface area (Å²) in [5.41, 5.74) is 0.318. The van der Waals surface area contributed by atoms with Crippen molar-refractivity contribution in [1.82, 2.24) is 0 Å². The molecule has 6 nitrogen and oxygen atoms in total. The topological polar surface area (TPSA) is 80.9 Å². The number of carbonyl (C=O) groups excluding carboxylic acids is 1. The molecule has 25 heavy (non-hydrogen) atoms. The molecule has 2 aromatic carbocycles. The second-order valence-electron chi connectivity index (χ2n) is 5.20. The molecular formula is C19H17NO5. The fourth-order valence-corrected chi connectivity index (χ4v) is 2.19. The molecule has 3 rings (SSSR count). The van der Waals surface area contributed by atoms with Gasteiger partial charge >= 0.3 is 0 Å². The molecule has 0 atom stereocenters. The number of methoxy groups -OCH3 is 1. The molecule has 0 unspecified atom stereocenters. The van der Waals surface area contributed by atoms with Gasteiger partial charge in [-0.15, -0.1) is 0 Å². The van der Waals surface area contributed by atoms with Crippen molar-refractivity contribution >= 4 is 11.6 Å². The molecule has 0 aliphatic heterocycles. The number of rotatable bonds is 6. The predicted molar refractivity (Wildman–Crippen MR) is 92.1 cm³/mol. The molecule has 3 aromatic rings. The SMILES string of the molecule is COc1cccc(OCc2ccc(C(=O)Nc3ccccc3O)o2)c1. The molecule has 0 fully saturated rings. The summed E-state index contributed by atoms with van der Waals surface area (Å²) in [4.78, 5) is 12.2. The zero-order valence-corrected chi connectivity index (χ0v) is 13.6. The molecule has 1 amide bonds. The zero-order chi connectivity index (χ0) is 17.6. The fraction of sp³-hybridized carbons (Fsp3) is 0.105. The first-order valence-corrected chi connectivity index (χ1v) is 7.60. The number of ether oxygens (including phenoxy) is 2. The van der Waals surface area contributed by atoms with Gasteiger partial charge in [0.25, 0.3) is 5.91 Å². The van der Waals surface area contributed by atoms with E-state index in [0.717, 1.165) is 0 Å². The van der Waals surface area contributed by atoms with E-state index in [9.17, 15) is 9.90 Å². The Bertz CT molecular complexity index is 872. The van der Waals surface area contributed by atoms with E-state index in [0.29, 0.717) is 22.9 Å². The van der Waals surface area contributed by atoms with Crippen LogP contribution in [0, 0.1) is 0 Å². The third-order valence-electron chi connectivity index (χ3n) is 3.46. The van der Waals surface area contributed by atoms with E-state index in [1.54, 1.807) is 49.6 Å². The van der Waals surface area contributed by atoms with Crippen LogP contribution in [0.5, 0.6) is 17.2 Å². The normalized spacial score (nSPS) is 10.3. The van der Waals surface area contributed by atoms with E-state index in [-0.39, 0.29) is 18.1 Å². The van der Waals surface area contributed by atoms with Crippen molar-refractivity contribution < 1.29 is 23.8 Å². The van der Waals surface area contributed by atoms with E-state index in [4.69, 9.17) is 13.9 Å². The van der Waals surface area contributed by atoms with Crippen molar-refractivity contribution in [3.05, 3.63) is 72.2 Å². The summed E-state index contributed by atoms with van der Waals surface area (Å²) >= 11 is 0. The molecule has 0 radical (unpaired) electrons. The quantitative estimate of drug-likeness (QED) is 0.667. The fourth-order valence-electron chi connectivity index (χ4n) is 2.19. The van der Waals surface area contributed by atoms with Gasteiger partial charge in [-0.05, 0) is 36.4 Å². The first-order valence-electron chi connectivity index (χ1n) is 7.60. The molecule has 1 aromatic heterocycles. The van der Waals surface area contributed by atoms with Crippen LogP contribution in [0.2, 0.25) is 0 Å². The Morgan fingerprint density at radius 2 is 1.88 bits per heavy atom. The van der Waals surface area contributed by atoms with Gasteiger partial charge in [0.15, 0.2) is 5.76 Å². The lowest BCUT2D eigenvalue weighted by Gasteiger charge is -2.06. The van der Waals surface area contributed by atoms with Crippen molar-refractivity contribution in [3.63, 3.8) is 0 Å². The Labute approximate surface area is 144 Å². The summed E-state index contributed by atoms with van der Waals surface area (Å²) in [6.07, 6.45) is 0. The molecular weight excluding hydrogens is 322 g/mol. The van der Waals surface area contributed by atoms with Gasteiger partial charge in [0.2, 0.25) is 0 Å². The standard InChI is InChI=1S/C19H17NO5/c1-23-13-5-4-6-14(11-13)24-12-15-9-10-18(25-15)19(22)20-16-7-2-3-8-17(16)21/h2-11,21H,12H2,1H3,(H,20,22). The van der Waals surface area contributed by atoms with Crippen LogP contribution in [0.15, 0.2) is 65.1 Å². The van der Waals surface area contributed by atoms with Gasteiger partial charge in [0.05, 0.1) is 12.8 Å². The van der Waals surface area contributed by atoms with Crippen molar-refractivity contribution in [3.8, 4) is 17.2 Å². The number of amides is 1.